The van der Waals surface area contributed by atoms with Crippen LogP contribution in [0.5, 0.6) is 0 Å². The van der Waals surface area contributed by atoms with E-state index in [1.54, 1.807) is 0 Å². The minimum Gasteiger partial charge on any atom is -0.317 e. The number of hydrogen-bond donors (Lipinski definition) is 1. The lowest BCUT2D eigenvalue weighted by Gasteiger charge is -2.11. The summed E-state index contributed by atoms with van der Waals surface area (Å²) in [5, 5.41) is 3.28. The Balaban J connectivity index is 2.53. The SMILES string of the molecule is CNC(C)CCc1cccc(CC(C)C)c1. The quantitative estimate of drug-likeness (QED) is 0.773. The van der Waals surface area contributed by atoms with E-state index < -0.39 is 0 Å². The molecule has 1 unspecified atom stereocenters. The summed E-state index contributed by atoms with van der Waals surface area (Å²) in [6.07, 6.45) is 3.57. The standard InChI is InChI=1S/C15H25N/c1-12(2)10-15-7-5-6-14(11-15)9-8-13(3)16-4/h5-7,11-13,16H,8-10H2,1-4H3. The summed E-state index contributed by atoms with van der Waals surface area (Å²) < 4.78 is 0. The summed E-state index contributed by atoms with van der Waals surface area (Å²) in [4.78, 5) is 0. The highest BCUT2D eigenvalue weighted by molar-refractivity contribution is 5.24. The molecule has 90 valence electrons. The van der Waals surface area contributed by atoms with E-state index in [0.29, 0.717) is 6.04 Å². The lowest BCUT2D eigenvalue weighted by atomic mass is 9.98. The second-order valence-electron chi connectivity index (χ2n) is 5.15. The third kappa shape index (κ3) is 4.80. The van der Waals surface area contributed by atoms with Gasteiger partial charge in [0.1, 0.15) is 0 Å². The fourth-order valence-electron chi connectivity index (χ4n) is 1.91. The number of aryl methyl sites for hydroxylation is 1. The highest BCUT2D eigenvalue weighted by Crippen LogP contribution is 2.12. The maximum Gasteiger partial charge on any atom is 0.00388 e. The number of rotatable bonds is 6. The number of nitrogens with one attached hydrogen (secondary N) is 1. The van der Waals surface area contributed by atoms with Crippen molar-refractivity contribution in [2.24, 2.45) is 5.92 Å². The van der Waals surface area contributed by atoms with Crippen molar-refractivity contribution in [1.29, 1.82) is 0 Å². The molecule has 0 radical (unpaired) electrons. The Kier molecular flexibility index (Phi) is 5.54. The first-order valence-corrected chi connectivity index (χ1v) is 6.37. The lowest BCUT2D eigenvalue weighted by Crippen LogP contribution is -2.21. The molecule has 0 aliphatic heterocycles. The van der Waals surface area contributed by atoms with Crippen LogP contribution in [0.2, 0.25) is 0 Å². The van der Waals surface area contributed by atoms with Gasteiger partial charge < -0.3 is 5.32 Å². The summed E-state index contributed by atoms with van der Waals surface area (Å²) in [7, 11) is 2.03. The maximum absolute atomic E-state index is 3.28. The van der Waals surface area contributed by atoms with Crippen molar-refractivity contribution in [1.82, 2.24) is 5.32 Å². The van der Waals surface area contributed by atoms with Gasteiger partial charge >= 0.3 is 0 Å². The van der Waals surface area contributed by atoms with Crippen LogP contribution in [0.4, 0.5) is 0 Å². The Hall–Kier alpha value is -0.820. The third-order valence-corrected chi connectivity index (χ3v) is 2.99. The van der Waals surface area contributed by atoms with Gasteiger partial charge in [-0.15, -0.1) is 0 Å². The van der Waals surface area contributed by atoms with Crippen LogP contribution in [-0.2, 0) is 12.8 Å². The summed E-state index contributed by atoms with van der Waals surface area (Å²) in [5.74, 6) is 0.742. The molecule has 0 saturated heterocycles. The molecule has 0 heterocycles. The predicted molar refractivity (Wildman–Crippen MR) is 71.8 cm³/mol. The molecule has 1 N–H and O–H groups in total. The van der Waals surface area contributed by atoms with Crippen molar-refractivity contribution in [2.45, 2.75) is 46.1 Å². The molecule has 0 aliphatic carbocycles. The molecule has 0 spiro atoms. The van der Waals surface area contributed by atoms with Crippen LogP contribution in [0.15, 0.2) is 24.3 Å². The van der Waals surface area contributed by atoms with Crippen LogP contribution in [0.25, 0.3) is 0 Å². The average molecular weight is 219 g/mol. The monoisotopic (exact) mass is 219 g/mol. The molecule has 0 amide bonds. The van der Waals surface area contributed by atoms with E-state index in [0.717, 1.165) is 5.92 Å². The second kappa shape index (κ2) is 6.70. The molecule has 0 aliphatic rings. The largest absolute Gasteiger partial charge is 0.317 e. The fourth-order valence-corrected chi connectivity index (χ4v) is 1.91. The van der Waals surface area contributed by atoms with Crippen LogP contribution in [0, 0.1) is 5.92 Å². The highest BCUT2D eigenvalue weighted by atomic mass is 14.8. The van der Waals surface area contributed by atoms with Crippen LogP contribution >= 0.6 is 0 Å². The van der Waals surface area contributed by atoms with Crippen LogP contribution in [0.1, 0.15) is 38.3 Å². The normalized spacial score (nSPS) is 13.1. The van der Waals surface area contributed by atoms with Gasteiger partial charge in [0.05, 0.1) is 0 Å². The molecule has 0 aromatic heterocycles. The summed E-state index contributed by atoms with van der Waals surface area (Å²) in [6, 6.07) is 9.64. The number of benzene rings is 1. The van der Waals surface area contributed by atoms with Gasteiger partial charge in [0.2, 0.25) is 0 Å². The molecule has 0 fully saturated rings. The smallest absolute Gasteiger partial charge is 0.00388 e. The van der Waals surface area contributed by atoms with Gasteiger partial charge in [0.25, 0.3) is 0 Å². The molecule has 16 heavy (non-hydrogen) atoms. The summed E-state index contributed by atoms with van der Waals surface area (Å²) in [6.45, 7) is 6.78. The maximum atomic E-state index is 3.28. The van der Waals surface area contributed by atoms with E-state index in [9.17, 15) is 0 Å². The minimum atomic E-state index is 0.605. The van der Waals surface area contributed by atoms with Gasteiger partial charge in [0.15, 0.2) is 0 Å². The zero-order chi connectivity index (χ0) is 12.0. The Morgan fingerprint density at radius 2 is 1.81 bits per heavy atom. The van der Waals surface area contributed by atoms with Crippen molar-refractivity contribution >= 4 is 0 Å². The van der Waals surface area contributed by atoms with E-state index in [1.165, 1.54) is 30.4 Å². The lowest BCUT2D eigenvalue weighted by molar-refractivity contribution is 0.564. The first-order chi connectivity index (χ1) is 7.61. The van der Waals surface area contributed by atoms with Gasteiger partial charge in [-0.3, -0.25) is 0 Å². The topological polar surface area (TPSA) is 12.0 Å². The van der Waals surface area contributed by atoms with Gasteiger partial charge in [-0.1, -0.05) is 38.1 Å². The van der Waals surface area contributed by atoms with E-state index >= 15 is 0 Å². The van der Waals surface area contributed by atoms with E-state index in [2.05, 4.69) is 50.4 Å². The van der Waals surface area contributed by atoms with E-state index in [1.807, 2.05) is 7.05 Å². The third-order valence-electron chi connectivity index (χ3n) is 2.99. The van der Waals surface area contributed by atoms with E-state index in [4.69, 9.17) is 0 Å². The molecule has 1 nitrogen and oxygen atoms in total. The van der Waals surface area contributed by atoms with Crippen LogP contribution in [-0.4, -0.2) is 13.1 Å². The molecule has 1 atom stereocenters. The average Bonchev–Trinajstić information content (AvgIpc) is 2.25. The molecule has 1 heteroatoms. The molecular formula is C15H25N. The Labute approximate surface area is 100 Å². The molecule has 1 aromatic rings. The summed E-state index contributed by atoms with van der Waals surface area (Å²) >= 11 is 0. The molecule has 0 bridgehead atoms. The van der Waals surface area contributed by atoms with Gasteiger partial charge in [-0.05, 0) is 50.3 Å². The number of hydrogen-bond acceptors (Lipinski definition) is 1. The van der Waals surface area contributed by atoms with Crippen molar-refractivity contribution in [2.75, 3.05) is 7.05 Å². The molecule has 1 rings (SSSR count). The molecular weight excluding hydrogens is 194 g/mol. The van der Waals surface area contributed by atoms with Crippen LogP contribution < -0.4 is 5.32 Å². The zero-order valence-corrected chi connectivity index (χ0v) is 11.1. The Bertz CT molecular complexity index is 304. The van der Waals surface area contributed by atoms with Gasteiger partial charge in [-0.2, -0.15) is 0 Å². The minimum absolute atomic E-state index is 0.605. The Morgan fingerprint density at radius 1 is 1.12 bits per heavy atom. The van der Waals surface area contributed by atoms with Crippen molar-refractivity contribution < 1.29 is 0 Å². The first kappa shape index (κ1) is 13.2. The summed E-state index contributed by atoms with van der Waals surface area (Å²) in [5.41, 5.74) is 2.95. The van der Waals surface area contributed by atoms with E-state index in [-0.39, 0.29) is 0 Å². The second-order valence-corrected chi connectivity index (χ2v) is 5.15. The van der Waals surface area contributed by atoms with Gasteiger partial charge in [0, 0.05) is 6.04 Å². The van der Waals surface area contributed by atoms with Gasteiger partial charge in [-0.25, -0.2) is 0 Å². The molecule has 0 saturated carbocycles. The first-order valence-electron chi connectivity index (χ1n) is 6.37. The van der Waals surface area contributed by atoms with Crippen molar-refractivity contribution in [3.63, 3.8) is 0 Å². The van der Waals surface area contributed by atoms with Crippen molar-refractivity contribution in [3.8, 4) is 0 Å². The predicted octanol–water partition coefficient (Wildman–Crippen LogP) is 3.43. The molecule has 1 aromatic carbocycles. The fraction of sp³-hybridized carbons (Fsp3) is 0.600. The zero-order valence-electron chi connectivity index (χ0n) is 11.1. The highest BCUT2D eigenvalue weighted by Gasteiger charge is 2.02. The van der Waals surface area contributed by atoms with Crippen LogP contribution in [0.3, 0.4) is 0 Å². The van der Waals surface area contributed by atoms with Crippen molar-refractivity contribution in [3.05, 3.63) is 35.4 Å². The Morgan fingerprint density at radius 3 is 2.44 bits per heavy atom.